The van der Waals surface area contributed by atoms with Crippen LogP contribution >= 0.6 is 0 Å². The Balaban J connectivity index is 1.98. The lowest BCUT2D eigenvalue weighted by molar-refractivity contribution is -0.151. The molecular formula is C13H16O3. The summed E-state index contributed by atoms with van der Waals surface area (Å²) in [5, 5.41) is 0. The number of fused-ring (bicyclic) bond motifs is 1. The Bertz CT molecular complexity index is 360. The molecule has 0 aromatic carbocycles. The number of esters is 1. The Kier molecular flexibility index (Phi) is 2.16. The molecule has 0 radical (unpaired) electrons. The minimum Gasteiger partial charge on any atom is -0.465 e. The standard InChI is InChI=1S/C13H16O3/c14-6-5-11-8-16-12(15)13(11)7-9-1-3-10(13)4-2-9/h1,3,6,9-11H,2,4-5,7-8H2/t9-,10+,11-,13+/m0/s1. The lowest BCUT2D eigenvalue weighted by Crippen LogP contribution is -2.46. The van der Waals surface area contributed by atoms with E-state index in [0.717, 1.165) is 19.1 Å². The second-order valence-corrected chi connectivity index (χ2v) is 5.27. The summed E-state index contributed by atoms with van der Waals surface area (Å²) >= 11 is 0. The molecule has 1 spiro atoms. The van der Waals surface area contributed by atoms with Crippen LogP contribution in [0.1, 0.15) is 25.7 Å². The van der Waals surface area contributed by atoms with E-state index in [1.54, 1.807) is 0 Å². The SMILES string of the molecule is O=CC[C@H]1COC(=O)[C@@]12C[C@H]1C=C[C@@H]2CC1. The zero-order chi connectivity index (χ0) is 11.2. The summed E-state index contributed by atoms with van der Waals surface area (Å²) in [6, 6.07) is 0. The largest absolute Gasteiger partial charge is 0.465 e. The molecule has 1 saturated heterocycles. The summed E-state index contributed by atoms with van der Waals surface area (Å²) in [5.74, 6) is 0.871. The molecule has 4 atom stereocenters. The lowest BCUT2D eigenvalue weighted by atomic mass is 9.55. The van der Waals surface area contributed by atoms with Crippen LogP contribution in [-0.2, 0) is 14.3 Å². The van der Waals surface area contributed by atoms with Crippen molar-refractivity contribution in [3.05, 3.63) is 12.2 Å². The number of aldehydes is 1. The van der Waals surface area contributed by atoms with Crippen molar-refractivity contribution in [2.24, 2.45) is 23.2 Å². The van der Waals surface area contributed by atoms with Crippen molar-refractivity contribution < 1.29 is 14.3 Å². The van der Waals surface area contributed by atoms with Gasteiger partial charge in [-0.25, -0.2) is 0 Å². The minimum atomic E-state index is -0.363. The van der Waals surface area contributed by atoms with Crippen molar-refractivity contribution in [2.45, 2.75) is 25.7 Å². The third kappa shape index (κ3) is 1.14. The Morgan fingerprint density at radius 1 is 1.44 bits per heavy atom. The maximum absolute atomic E-state index is 12.1. The summed E-state index contributed by atoms with van der Waals surface area (Å²) in [6.45, 7) is 0.439. The van der Waals surface area contributed by atoms with Gasteiger partial charge in [0.1, 0.15) is 6.29 Å². The van der Waals surface area contributed by atoms with Crippen LogP contribution in [0.2, 0.25) is 0 Å². The van der Waals surface area contributed by atoms with Crippen LogP contribution in [0.25, 0.3) is 0 Å². The van der Waals surface area contributed by atoms with E-state index in [1.807, 2.05) is 0 Å². The highest BCUT2D eigenvalue weighted by atomic mass is 16.5. The van der Waals surface area contributed by atoms with Gasteiger partial charge in [0.2, 0.25) is 0 Å². The molecule has 1 aliphatic heterocycles. The average molecular weight is 220 g/mol. The minimum absolute atomic E-state index is 0.0570. The zero-order valence-corrected chi connectivity index (χ0v) is 9.22. The molecule has 1 saturated carbocycles. The van der Waals surface area contributed by atoms with Crippen LogP contribution in [-0.4, -0.2) is 18.9 Å². The molecule has 3 heteroatoms. The van der Waals surface area contributed by atoms with Crippen molar-refractivity contribution in [1.29, 1.82) is 0 Å². The second kappa shape index (κ2) is 3.44. The predicted molar refractivity (Wildman–Crippen MR) is 57.5 cm³/mol. The van der Waals surface area contributed by atoms with E-state index >= 15 is 0 Å². The molecule has 16 heavy (non-hydrogen) atoms. The molecule has 0 aromatic rings. The van der Waals surface area contributed by atoms with E-state index in [9.17, 15) is 9.59 Å². The summed E-state index contributed by atoms with van der Waals surface area (Å²) in [6.07, 6.45) is 8.97. The molecule has 2 bridgehead atoms. The lowest BCUT2D eigenvalue weighted by Gasteiger charge is -2.46. The van der Waals surface area contributed by atoms with Crippen LogP contribution < -0.4 is 0 Å². The summed E-state index contributed by atoms with van der Waals surface area (Å²) in [5.41, 5.74) is -0.363. The van der Waals surface area contributed by atoms with Gasteiger partial charge >= 0.3 is 5.97 Å². The van der Waals surface area contributed by atoms with E-state index in [2.05, 4.69) is 12.2 Å². The highest BCUT2D eigenvalue weighted by molar-refractivity contribution is 5.81. The van der Waals surface area contributed by atoms with E-state index in [1.165, 1.54) is 6.42 Å². The molecule has 0 N–H and O–H groups in total. The molecule has 3 nitrogen and oxygen atoms in total. The predicted octanol–water partition coefficient (Wildman–Crippen LogP) is 1.72. The van der Waals surface area contributed by atoms with Gasteiger partial charge in [-0.3, -0.25) is 4.79 Å². The molecule has 0 unspecified atom stereocenters. The summed E-state index contributed by atoms with van der Waals surface area (Å²) < 4.78 is 5.23. The van der Waals surface area contributed by atoms with Gasteiger partial charge in [-0.2, -0.15) is 0 Å². The van der Waals surface area contributed by atoms with Gasteiger partial charge in [0.05, 0.1) is 12.0 Å². The molecular weight excluding hydrogens is 204 g/mol. The van der Waals surface area contributed by atoms with Gasteiger partial charge in [-0.05, 0) is 31.1 Å². The third-order valence-corrected chi connectivity index (χ3v) is 4.63. The first-order chi connectivity index (χ1) is 7.77. The maximum atomic E-state index is 12.1. The van der Waals surface area contributed by atoms with Crippen LogP contribution in [0.4, 0.5) is 0 Å². The van der Waals surface area contributed by atoms with Crippen LogP contribution in [0, 0.1) is 23.2 Å². The number of hydrogen-bond donors (Lipinski definition) is 0. The van der Waals surface area contributed by atoms with Gasteiger partial charge in [-0.15, -0.1) is 0 Å². The maximum Gasteiger partial charge on any atom is 0.313 e. The van der Waals surface area contributed by atoms with Crippen LogP contribution in [0.3, 0.4) is 0 Å². The summed E-state index contributed by atoms with van der Waals surface area (Å²) in [7, 11) is 0. The van der Waals surface area contributed by atoms with Crippen LogP contribution in [0.5, 0.6) is 0 Å². The fraction of sp³-hybridized carbons (Fsp3) is 0.692. The number of hydrogen-bond acceptors (Lipinski definition) is 3. The first-order valence-corrected chi connectivity index (χ1v) is 6.06. The topological polar surface area (TPSA) is 43.4 Å². The van der Waals surface area contributed by atoms with Crippen LogP contribution in [0.15, 0.2) is 12.2 Å². The smallest absolute Gasteiger partial charge is 0.313 e. The quantitative estimate of drug-likeness (QED) is 0.404. The van der Waals surface area contributed by atoms with Crippen molar-refractivity contribution in [1.82, 2.24) is 0 Å². The second-order valence-electron chi connectivity index (χ2n) is 5.27. The number of cyclic esters (lactones) is 1. The van der Waals surface area contributed by atoms with Gasteiger partial charge in [0.15, 0.2) is 0 Å². The van der Waals surface area contributed by atoms with E-state index in [-0.39, 0.29) is 17.3 Å². The Hall–Kier alpha value is -1.12. The highest BCUT2D eigenvalue weighted by Crippen LogP contribution is 2.56. The summed E-state index contributed by atoms with van der Waals surface area (Å²) in [4.78, 5) is 22.8. The van der Waals surface area contributed by atoms with Gasteiger partial charge in [0, 0.05) is 12.3 Å². The van der Waals surface area contributed by atoms with Gasteiger partial charge in [-0.1, -0.05) is 12.2 Å². The fourth-order valence-electron chi connectivity index (χ4n) is 3.79. The third-order valence-electron chi connectivity index (χ3n) is 4.63. The van der Waals surface area contributed by atoms with E-state index in [0.29, 0.717) is 24.9 Å². The molecule has 2 fully saturated rings. The first-order valence-electron chi connectivity index (χ1n) is 6.06. The fourth-order valence-corrected chi connectivity index (χ4v) is 3.79. The zero-order valence-electron chi connectivity index (χ0n) is 9.22. The molecule has 4 rings (SSSR count). The molecule has 0 amide bonds. The van der Waals surface area contributed by atoms with Gasteiger partial charge in [0.25, 0.3) is 0 Å². The van der Waals surface area contributed by atoms with E-state index < -0.39 is 0 Å². The van der Waals surface area contributed by atoms with Crippen molar-refractivity contribution in [3.8, 4) is 0 Å². The number of carbonyl (C=O) groups is 2. The molecule has 86 valence electrons. The Morgan fingerprint density at radius 2 is 2.31 bits per heavy atom. The van der Waals surface area contributed by atoms with Crippen molar-refractivity contribution in [3.63, 3.8) is 0 Å². The molecule has 1 heterocycles. The molecule has 4 aliphatic rings. The molecule has 3 aliphatic carbocycles. The van der Waals surface area contributed by atoms with E-state index in [4.69, 9.17) is 4.74 Å². The number of allylic oxidation sites excluding steroid dienone is 2. The Morgan fingerprint density at radius 3 is 2.88 bits per heavy atom. The van der Waals surface area contributed by atoms with Crippen molar-refractivity contribution >= 4 is 12.3 Å². The normalized spacial score (nSPS) is 45.0. The van der Waals surface area contributed by atoms with Crippen molar-refractivity contribution in [2.75, 3.05) is 6.61 Å². The number of ether oxygens (including phenoxy) is 1. The monoisotopic (exact) mass is 220 g/mol. The van der Waals surface area contributed by atoms with Gasteiger partial charge < -0.3 is 9.53 Å². The highest BCUT2D eigenvalue weighted by Gasteiger charge is 2.59. The average Bonchev–Trinajstić information content (AvgIpc) is 2.61. The first kappa shape index (κ1) is 10.1. The Labute approximate surface area is 94.8 Å². The number of rotatable bonds is 2. The number of carbonyl (C=O) groups excluding carboxylic acids is 2. The molecule has 0 aromatic heterocycles.